The van der Waals surface area contributed by atoms with Gasteiger partial charge in [-0.15, -0.1) is 22.7 Å². The number of ketones is 1. The fraction of sp³-hybridized carbons (Fsp3) is 0.160. The Morgan fingerprint density at radius 3 is 1.50 bits per heavy atom. The van der Waals surface area contributed by atoms with E-state index in [1.807, 2.05) is 36.4 Å². The van der Waals surface area contributed by atoms with Gasteiger partial charge >= 0.3 is 0 Å². The summed E-state index contributed by atoms with van der Waals surface area (Å²) in [6.07, 6.45) is 1.71. The van der Waals surface area contributed by atoms with Gasteiger partial charge in [0.05, 0.1) is 9.75 Å². The number of aryl methyl sites for hydroxylation is 2. The Hall–Kier alpha value is -0.950. The first-order chi connectivity index (χ1) is 15.3. The predicted molar refractivity (Wildman–Crippen MR) is 147 cm³/mol. The summed E-state index contributed by atoms with van der Waals surface area (Å²) < 4.78 is 1.84. The average Bonchev–Trinajstić information content (AvgIpc) is 3.41. The molecule has 0 fully saturated rings. The van der Waals surface area contributed by atoms with Crippen LogP contribution in [0.1, 0.15) is 38.2 Å². The van der Waals surface area contributed by atoms with Crippen molar-refractivity contribution in [3.8, 4) is 22.3 Å². The van der Waals surface area contributed by atoms with Crippen LogP contribution in [0.15, 0.2) is 57.5 Å². The molecule has 0 N–H and O–H groups in total. The Kier molecular flexibility index (Phi) is 7.65. The van der Waals surface area contributed by atoms with Gasteiger partial charge in [0.15, 0.2) is 0 Å². The molecule has 2 heterocycles. The molecule has 0 spiro atoms. The number of halogens is 4. The van der Waals surface area contributed by atoms with Crippen LogP contribution in [0.5, 0.6) is 0 Å². The molecule has 1 nitrogen and oxygen atoms in total. The molecule has 2 aromatic carbocycles. The Bertz CT molecular complexity index is 1220. The molecule has 0 aliphatic rings. The molecular weight excluding hydrogens is 611 g/mol. The van der Waals surface area contributed by atoms with Crippen LogP contribution < -0.4 is 0 Å². The van der Waals surface area contributed by atoms with Crippen LogP contribution >= 0.6 is 77.7 Å². The minimum absolute atomic E-state index is 0.0106. The SMILES string of the molecule is CCc1cc(-c2cc(Br)ccc2Cl)c(C(=O)c2sc(CC)cc2-c2cc(Br)ccc2Cl)s1. The lowest BCUT2D eigenvalue weighted by molar-refractivity contribution is 0.104. The Balaban J connectivity index is 1.91. The minimum atomic E-state index is 0.0106. The van der Waals surface area contributed by atoms with Gasteiger partial charge in [-0.1, -0.05) is 68.9 Å². The first kappa shape index (κ1) is 24.2. The number of thiophene rings is 2. The van der Waals surface area contributed by atoms with E-state index in [2.05, 4.69) is 57.8 Å². The summed E-state index contributed by atoms with van der Waals surface area (Å²) in [5.74, 6) is 0.0106. The van der Waals surface area contributed by atoms with Gasteiger partial charge in [-0.3, -0.25) is 4.79 Å². The molecule has 4 aromatic rings. The van der Waals surface area contributed by atoms with Crippen molar-refractivity contribution in [1.29, 1.82) is 0 Å². The van der Waals surface area contributed by atoms with Crippen molar-refractivity contribution in [2.75, 3.05) is 0 Å². The molecule has 0 saturated heterocycles. The minimum Gasteiger partial charge on any atom is -0.287 e. The molecule has 0 bridgehead atoms. The second kappa shape index (κ2) is 10.1. The lowest BCUT2D eigenvalue weighted by Gasteiger charge is -2.09. The van der Waals surface area contributed by atoms with Crippen LogP contribution in [0.4, 0.5) is 0 Å². The summed E-state index contributed by atoms with van der Waals surface area (Å²) in [7, 11) is 0. The van der Waals surface area contributed by atoms with Gasteiger partial charge in [0, 0.05) is 51.0 Å². The van der Waals surface area contributed by atoms with Crippen LogP contribution in [-0.4, -0.2) is 5.78 Å². The number of hydrogen-bond donors (Lipinski definition) is 0. The highest BCUT2D eigenvalue weighted by atomic mass is 79.9. The van der Waals surface area contributed by atoms with E-state index >= 15 is 0 Å². The van der Waals surface area contributed by atoms with E-state index in [1.54, 1.807) is 22.7 Å². The van der Waals surface area contributed by atoms with Crippen LogP contribution in [0, 0.1) is 0 Å². The molecule has 0 aliphatic carbocycles. The highest BCUT2D eigenvalue weighted by molar-refractivity contribution is 9.10. The maximum absolute atomic E-state index is 14.0. The van der Waals surface area contributed by atoms with E-state index in [9.17, 15) is 4.79 Å². The topological polar surface area (TPSA) is 17.1 Å². The van der Waals surface area contributed by atoms with Gasteiger partial charge in [-0.2, -0.15) is 0 Å². The molecule has 0 radical (unpaired) electrons. The highest BCUT2D eigenvalue weighted by Crippen LogP contribution is 2.43. The lowest BCUT2D eigenvalue weighted by atomic mass is 10.00. The first-order valence-electron chi connectivity index (χ1n) is 10.0. The van der Waals surface area contributed by atoms with Crippen molar-refractivity contribution in [2.24, 2.45) is 0 Å². The summed E-state index contributed by atoms with van der Waals surface area (Å²) >= 11 is 23.3. The van der Waals surface area contributed by atoms with Gasteiger partial charge in [0.1, 0.15) is 0 Å². The molecule has 0 atom stereocenters. The van der Waals surface area contributed by atoms with Crippen molar-refractivity contribution in [2.45, 2.75) is 26.7 Å². The number of rotatable bonds is 6. The number of carbonyl (C=O) groups excluding carboxylic acids is 1. The third-order valence-corrected chi connectivity index (χ3v) is 9.31. The first-order valence-corrected chi connectivity index (χ1v) is 14.0. The molecule has 7 heteroatoms. The maximum atomic E-state index is 14.0. The number of carbonyl (C=O) groups is 1. The van der Waals surface area contributed by atoms with Crippen molar-refractivity contribution in [3.05, 3.63) is 87.0 Å². The summed E-state index contributed by atoms with van der Waals surface area (Å²) in [6, 6.07) is 15.6. The average molecular weight is 629 g/mol. The molecule has 32 heavy (non-hydrogen) atoms. The molecule has 0 unspecified atom stereocenters. The largest absolute Gasteiger partial charge is 0.287 e. The van der Waals surface area contributed by atoms with Gasteiger partial charge in [-0.05, 0) is 61.4 Å². The zero-order valence-electron chi connectivity index (χ0n) is 17.3. The van der Waals surface area contributed by atoms with E-state index in [1.165, 1.54) is 0 Å². The standard InChI is InChI=1S/C25H18Br2Cl2OS2/c1-3-15-11-19(17-9-13(26)5-7-21(17)28)24(31-15)23(30)25-20(12-16(4-2)32-25)18-10-14(27)6-8-22(18)29/h5-12H,3-4H2,1-2H3. The van der Waals surface area contributed by atoms with Crippen molar-refractivity contribution in [1.82, 2.24) is 0 Å². The molecule has 2 aromatic heterocycles. The quantitative estimate of drug-likeness (QED) is 0.194. The Morgan fingerprint density at radius 2 is 1.12 bits per heavy atom. The molecule has 0 aliphatic heterocycles. The summed E-state index contributed by atoms with van der Waals surface area (Å²) in [6.45, 7) is 4.19. The molecule has 0 saturated carbocycles. The Labute approximate surface area is 222 Å². The van der Waals surface area contributed by atoms with E-state index in [-0.39, 0.29) is 5.78 Å². The maximum Gasteiger partial charge on any atom is 0.214 e. The fourth-order valence-corrected chi connectivity index (χ4v) is 6.82. The molecule has 164 valence electrons. The summed E-state index contributed by atoms with van der Waals surface area (Å²) in [5, 5.41) is 1.25. The number of hydrogen-bond acceptors (Lipinski definition) is 3. The summed E-state index contributed by atoms with van der Waals surface area (Å²) in [5.41, 5.74) is 3.46. The second-order valence-electron chi connectivity index (χ2n) is 7.20. The fourth-order valence-electron chi connectivity index (χ4n) is 3.48. The van der Waals surface area contributed by atoms with Crippen LogP contribution in [-0.2, 0) is 12.8 Å². The second-order valence-corrected chi connectivity index (χ2v) is 12.1. The van der Waals surface area contributed by atoms with Crippen LogP contribution in [0.3, 0.4) is 0 Å². The monoisotopic (exact) mass is 626 g/mol. The van der Waals surface area contributed by atoms with Gasteiger partial charge in [-0.25, -0.2) is 0 Å². The highest BCUT2D eigenvalue weighted by Gasteiger charge is 2.25. The third kappa shape index (κ3) is 4.79. The van der Waals surface area contributed by atoms with E-state index in [4.69, 9.17) is 23.2 Å². The molecule has 0 amide bonds. The predicted octanol–water partition coefficient (Wildman–Crippen LogP) is 10.3. The van der Waals surface area contributed by atoms with Crippen LogP contribution in [0.25, 0.3) is 22.3 Å². The third-order valence-electron chi connectivity index (χ3n) is 5.11. The van der Waals surface area contributed by atoms with Gasteiger partial charge in [0.25, 0.3) is 0 Å². The smallest absolute Gasteiger partial charge is 0.214 e. The van der Waals surface area contributed by atoms with Gasteiger partial charge in [0.2, 0.25) is 5.78 Å². The van der Waals surface area contributed by atoms with E-state index < -0.39 is 0 Å². The van der Waals surface area contributed by atoms with E-state index in [0.29, 0.717) is 19.8 Å². The van der Waals surface area contributed by atoms with Crippen LogP contribution in [0.2, 0.25) is 10.0 Å². The summed E-state index contributed by atoms with van der Waals surface area (Å²) in [4.78, 5) is 17.7. The Morgan fingerprint density at radius 1 is 0.719 bits per heavy atom. The zero-order chi connectivity index (χ0) is 23.0. The normalized spacial score (nSPS) is 11.2. The molecular formula is C25H18Br2Cl2OS2. The number of benzene rings is 2. The van der Waals surface area contributed by atoms with E-state index in [0.717, 1.165) is 53.8 Å². The van der Waals surface area contributed by atoms with Gasteiger partial charge < -0.3 is 0 Å². The van der Waals surface area contributed by atoms with Crippen molar-refractivity contribution < 1.29 is 4.79 Å². The zero-order valence-corrected chi connectivity index (χ0v) is 23.6. The van der Waals surface area contributed by atoms with Crippen molar-refractivity contribution >= 4 is 83.5 Å². The lowest BCUT2D eigenvalue weighted by Crippen LogP contribution is -2.00. The molecule has 4 rings (SSSR count). The van der Waals surface area contributed by atoms with Crippen molar-refractivity contribution in [3.63, 3.8) is 0 Å².